The third-order valence-corrected chi connectivity index (χ3v) is 5.56. The number of ether oxygens (including phenoxy) is 1. The summed E-state index contributed by atoms with van der Waals surface area (Å²) < 4.78 is 5.38. The Morgan fingerprint density at radius 3 is 2.88 bits per heavy atom. The van der Waals surface area contributed by atoms with E-state index in [0.717, 1.165) is 33.2 Å². The molecule has 2 aromatic rings. The third kappa shape index (κ3) is 3.83. The number of aromatic nitrogens is 1. The summed E-state index contributed by atoms with van der Waals surface area (Å²) in [6, 6.07) is 7.59. The fraction of sp³-hybridized carbons (Fsp3) is 0.316. The molecule has 0 radical (unpaired) electrons. The number of carbonyl (C=O) groups is 2. The molecule has 1 aromatic heterocycles. The zero-order valence-electron chi connectivity index (χ0n) is 15.0. The van der Waals surface area contributed by atoms with E-state index in [9.17, 15) is 9.59 Å². The van der Waals surface area contributed by atoms with E-state index in [0.29, 0.717) is 6.54 Å². The second kappa shape index (κ2) is 7.78. The van der Waals surface area contributed by atoms with Crippen LogP contribution in [0.15, 0.2) is 35.4 Å². The molecule has 7 heteroatoms. The Bertz CT molecular complexity index is 854. The number of hydrogen-bond donors (Lipinski definition) is 2. The van der Waals surface area contributed by atoms with Crippen LogP contribution in [0.2, 0.25) is 0 Å². The Hall–Kier alpha value is -2.54. The Labute approximate surface area is 156 Å². The van der Waals surface area contributed by atoms with Gasteiger partial charge in [-0.15, -0.1) is 11.8 Å². The zero-order chi connectivity index (χ0) is 18.7. The van der Waals surface area contributed by atoms with Crippen LogP contribution >= 0.6 is 11.8 Å². The number of pyridine rings is 1. The van der Waals surface area contributed by atoms with Crippen LogP contribution in [-0.4, -0.2) is 29.2 Å². The molecule has 0 saturated carbocycles. The minimum absolute atomic E-state index is 0.118. The van der Waals surface area contributed by atoms with Crippen molar-refractivity contribution in [1.29, 1.82) is 0 Å². The fourth-order valence-corrected chi connectivity index (χ4v) is 4.01. The molecular formula is C19H21N3O3S. The normalized spacial score (nSPS) is 15.8. The van der Waals surface area contributed by atoms with Crippen LogP contribution in [0.1, 0.15) is 23.2 Å². The van der Waals surface area contributed by atoms with Crippen LogP contribution in [0.25, 0.3) is 0 Å². The molecule has 0 saturated heterocycles. The van der Waals surface area contributed by atoms with Crippen molar-refractivity contribution in [3.05, 3.63) is 47.3 Å². The first-order chi connectivity index (χ1) is 12.5. The largest absolute Gasteiger partial charge is 0.496 e. The van der Waals surface area contributed by atoms with Gasteiger partial charge in [-0.05, 0) is 26.0 Å². The van der Waals surface area contributed by atoms with Crippen LogP contribution in [0, 0.1) is 13.8 Å². The molecule has 2 heterocycles. The van der Waals surface area contributed by atoms with E-state index in [-0.39, 0.29) is 18.2 Å². The molecule has 0 unspecified atom stereocenters. The molecule has 3 rings (SSSR count). The number of amides is 2. The van der Waals surface area contributed by atoms with Gasteiger partial charge >= 0.3 is 0 Å². The summed E-state index contributed by atoms with van der Waals surface area (Å²) >= 11 is 1.42. The van der Waals surface area contributed by atoms with Gasteiger partial charge in [0, 0.05) is 28.6 Å². The lowest BCUT2D eigenvalue weighted by atomic mass is 10.1. The highest BCUT2D eigenvalue weighted by molar-refractivity contribution is 8.01. The lowest BCUT2D eigenvalue weighted by Crippen LogP contribution is -2.34. The van der Waals surface area contributed by atoms with E-state index in [2.05, 4.69) is 15.6 Å². The summed E-state index contributed by atoms with van der Waals surface area (Å²) in [5, 5.41) is 5.26. The zero-order valence-corrected chi connectivity index (χ0v) is 15.8. The number of nitrogens with one attached hydrogen (secondary N) is 2. The van der Waals surface area contributed by atoms with Crippen molar-refractivity contribution in [2.45, 2.75) is 37.0 Å². The summed E-state index contributed by atoms with van der Waals surface area (Å²) in [5.41, 5.74) is 3.41. The number of para-hydroxylation sites is 1. The number of thioether (sulfide) groups is 1. The van der Waals surface area contributed by atoms with Gasteiger partial charge in [-0.1, -0.05) is 12.1 Å². The third-order valence-electron chi connectivity index (χ3n) is 4.28. The predicted molar refractivity (Wildman–Crippen MR) is 101 cm³/mol. The quantitative estimate of drug-likeness (QED) is 0.845. The highest BCUT2D eigenvalue weighted by atomic mass is 32.2. The van der Waals surface area contributed by atoms with Crippen LogP contribution in [0.5, 0.6) is 5.75 Å². The maximum Gasteiger partial charge on any atom is 0.238 e. The number of carbonyl (C=O) groups excluding carboxylic acids is 2. The highest BCUT2D eigenvalue weighted by Gasteiger charge is 2.28. The number of benzene rings is 1. The maximum atomic E-state index is 12.3. The van der Waals surface area contributed by atoms with Gasteiger partial charge in [-0.25, -0.2) is 0 Å². The molecule has 2 N–H and O–H groups in total. The van der Waals surface area contributed by atoms with E-state index >= 15 is 0 Å². The van der Waals surface area contributed by atoms with Crippen molar-refractivity contribution in [1.82, 2.24) is 10.3 Å². The van der Waals surface area contributed by atoms with E-state index in [4.69, 9.17) is 4.74 Å². The fourth-order valence-electron chi connectivity index (χ4n) is 2.90. The number of methoxy groups -OCH3 is 1. The Morgan fingerprint density at radius 1 is 1.35 bits per heavy atom. The molecule has 6 nitrogen and oxygen atoms in total. The molecule has 26 heavy (non-hydrogen) atoms. The van der Waals surface area contributed by atoms with Gasteiger partial charge in [-0.3, -0.25) is 14.6 Å². The average molecular weight is 371 g/mol. The molecular weight excluding hydrogens is 350 g/mol. The molecule has 136 valence electrons. The summed E-state index contributed by atoms with van der Waals surface area (Å²) in [6.45, 7) is 4.15. The number of anilines is 1. The summed E-state index contributed by atoms with van der Waals surface area (Å²) in [4.78, 5) is 29.9. The topological polar surface area (TPSA) is 80.3 Å². The minimum atomic E-state index is -0.438. The van der Waals surface area contributed by atoms with E-state index in [1.807, 2.05) is 38.1 Å². The first kappa shape index (κ1) is 18.3. The van der Waals surface area contributed by atoms with Crippen LogP contribution in [-0.2, 0) is 16.1 Å². The summed E-state index contributed by atoms with van der Waals surface area (Å²) in [5.74, 6) is 0.455. The molecule has 0 bridgehead atoms. The number of nitrogens with zero attached hydrogens (tertiary/aromatic N) is 1. The highest BCUT2D eigenvalue weighted by Crippen LogP contribution is 2.36. The van der Waals surface area contributed by atoms with Gasteiger partial charge in [0.15, 0.2) is 0 Å². The van der Waals surface area contributed by atoms with Gasteiger partial charge in [-0.2, -0.15) is 0 Å². The molecule has 0 spiro atoms. The molecule has 1 aromatic carbocycles. The smallest absolute Gasteiger partial charge is 0.238 e. The lowest BCUT2D eigenvalue weighted by molar-refractivity contribution is -0.124. The Balaban J connectivity index is 1.61. The van der Waals surface area contributed by atoms with Crippen molar-refractivity contribution in [2.24, 2.45) is 0 Å². The van der Waals surface area contributed by atoms with Crippen molar-refractivity contribution in [3.8, 4) is 5.75 Å². The summed E-state index contributed by atoms with van der Waals surface area (Å²) in [6.07, 6.45) is 1.85. The van der Waals surface area contributed by atoms with Gasteiger partial charge in [0.05, 0.1) is 30.3 Å². The number of aryl methyl sites for hydroxylation is 1. The van der Waals surface area contributed by atoms with Crippen molar-refractivity contribution in [3.63, 3.8) is 0 Å². The first-order valence-electron chi connectivity index (χ1n) is 8.32. The van der Waals surface area contributed by atoms with Crippen LogP contribution in [0.3, 0.4) is 0 Å². The molecule has 1 aliphatic heterocycles. The maximum absolute atomic E-state index is 12.3. The Kier molecular flexibility index (Phi) is 5.46. The SMILES string of the molecule is COc1c(C)cnc(CNC(=O)C[C@H]2Sc3ccccc3NC2=O)c1C. The second-order valence-corrected chi connectivity index (χ2v) is 7.36. The van der Waals surface area contributed by atoms with Crippen molar-refractivity contribution >= 4 is 29.3 Å². The number of fused-ring (bicyclic) bond motifs is 1. The van der Waals surface area contributed by atoms with Crippen LogP contribution in [0.4, 0.5) is 5.69 Å². The van der Waals surface area contributed by atoms with E-state index in [1.165, 1.54) is 11.8 Å². The molecule has 0 aliphatic carbocycles. The standard InChI is InChI=1S/C19H21N3O3S/c1-11-9-20-14(12(2)18(11)25-3)10-21-17(23)8-16-19(24)22-13-6-4-5-7-15(13)26-16/h4-7,9,16H,8,10H2,1-3H3,(H,21,23)(H,22,24)/t16-/m1/s1. The van der Waals surface area contributed by atoms with Crippen molar-refractivity contribution < 1.29 is 14.3 Å². The van der Waals surface area contributed by atoms with Gasteiger partial charge in [0.25, 0.3) is 0 Å². The average Bonchev–Trinajstić information content (AvgIpc) is 2.62. The predicted octanol–water partition coefficient (Wildman–Crippen LogP) is 2.83. The monoisotopic (exact) mass is 371 g/mol. The van der Waals surface area contributed by atoms with Gasteiger partial charge < -0.3 is 15.4 Å². The molecule has 1 aliphatic rings. The number of hydrogen-bond acceptors (Lipinski definition) is 5. The van der Waals surface area contributed by atoms with Gasteiger partial charge in [0.1, 0.15) is 5.75 Å². The number of rotatable bonds is 5. The first-order valence-corrected chi connectivity index (χ1v) is 9.20. The second-order valence-electron chi connectivity index (χ2n) is 6.12. The van der Waals surface area contributed by atoms with E-state index < -0.39 is 5.25 Å². The molecule has 0 fully saturated rings. The molecule has 2 amide bonds. The Morgan fingerprint density at radius 2 is 2.12 bits per heavy atom. The molecule has 1 atom stereocenters. The van der Waals surface area contributed by atoms with Gasteiger partial charge in [0.2, 0.25) is 11.8 Å². The van der Waals surface area contributed by atoms with Crippen molar-refractivity contribution in [2.75, 3.05) is 12.4 Å². The summed E-state index contributed by atoms with van der Waals surface area (Å²) in [7, 11) is 1.62. The lowest BCUT2D eigenvalue weighted by Gasteiger charge is -2.23. The van der Waals surface area contributed by atoms with E-state index in [1.54, 1.807) is 13.3 Å². The minimum Gasteiger partial charge on any atom is -0.496 e. The van der Waals surface area contributed by atoms with Crippen LogP contribution < -0.4 is 15.4 Å².